The van der Waals surface area contributed by atoms with Crippen molar-refractivity contribution in [3.8, 4) is 0 Å². The molecule has 0 fully saturated rings. The van der Waals surface area contributed by atoms with Crippen LogP contribution in [0.15, 0.2) is 34.8 Å². The van der Waals surface area contributed by atoms with Gasteiger partial charge < -0.3 is 5.32 Å². The Morgan fingerprint density at radius 3 is 2.58 bits per heavy atom. The molecule has 0 amide bonds. The van der Waals surface area contributed by atoms with E-state index in [0.717, 1.165) is 5.56 Å². The summed E-state index contributed by atoms with van der Waals surface area (Å²) in [5, 5.41) is 2.84. The third kappa shape index (κ3) is 3.10. The normalized spacial score (nSPS) is 10.6. The average molecular weight is 330 g/mol. The summed E-state index contributed by atoms with van der Waals surface area (Å²) in [6.07, 6.45) is 0. The SMILES string of the molecule is Cc1ccc(F)cc1NCc1c(F)ccc(Br)c1F. The molecule has 0 aliphatic heterocycles. The van der Waals surface area contributed by atoms with Gasteiger partial charge >= 0.3 is 0 Å². The van der Waals surface area contributed by atoms with E-state index in [-0.39, 0.29) is 16.6 Å². The second kappa shape index (κ2) is 5.65. The Hall–Kier alpha value is -1.49. The molecule has 0 atom stereocenters. The molecule has 100 valence electrons. The molecule has 0 heterocycles. The standard InChI is InChI=1S/C14H11BrF3N/c1-8-2-3-9(16)6-13(8)19-7-10-12(17)5-4-11(15)14(10)18/h2-6,19H,7H2,1H3. The van der Waals surface area contributed by atoms with E-state index in [1.807, 2.05) is 0 Å². The molecule has 0 radical (unpaired) electrons. The minimum Gasteiger partial charge on any atom is -0.380 e. The minimum absolute atomic E-state index is 0.0542. The van der Waals surface area contributed by atoms with Crippen molar-refractivity contribution in [2.45, 2.75) is 13.5 Å². The van der Waals surface area contributed by atoms with Crippen molar-refractivity contribution in [3.05, 3.63) is 63.4 Å². The van der Waals surface area contributed by atoms with Gasteiger partial charge in [-0.05, 0) is 52.7 Å². The largest absolute Gasteiger partial charge is 0.380 e. The van der Waals surface area contributed by atoms with Gasteiger partial charge in [0.2, 0.25) is 0 Å². The Bertz CT molecular complexity index is 614. The van der Waals surface area contributed by atoms with E-state index in [2.05, 4.69) is 21.2 Å². The van der Waals surface area contributed by atoms with Crippen molar-refractivity contribution in [3.63, 3.8) is 0 Å². The predicted molar refractivity (Wildman–Crippen MR) is 72.5 cm³/mol. The molecule has 1 nitrogen and oxygen atoms in total. The highest BCUT2D eigenvalue weighted by molar-refractivity contribution is 9.10. The number of nitrogens with one attached hydrogen (secondary N) is 1. The lowest BCUT2D eigenvalue weighted by molar-refractivity contribution is 0.555. The molecule has 0 aromatic heterocycles. The molecule has 0 aliphatic carbocycles. The Labute approximate surface area is 117 Å². The van der Waals surface area contributed by atoms with Crippen molar-refractivity contribution < 1.29 is 13.2 Å². The summed E-state index contributed by atoms with van der Waals surface area (Å²) in [4.78, 5) is 0. The highest BCUT2D eigenvalue weighted by Gasteiger charge is 2.12. The van der Waals surface area contributed by atoms with Gasteiger partial charge in [-0.2, -0.15) is 0 Å². The molecule has 19 heavy (non-hydrogen) atoms. The molecule has 0 unspecified atom stereocenters. The fourth-order valence-corrected chi connectivity index (χ4v) is 2.07. The van der Waals surface area contributed by atoms with E-state index in [9.17, 15) is 13.2 Å². The molecule has 0 bridgehead atoms. The molecular formula is C14H11BrF3N. The molecule has 0 saturated heterocycles. The number of hydrogen-bond acceptors (Lipinski definition) is 1. The maximum atomic E-state index is 13.7. The Morgan fingerprint density at radius 2 is 1.84 bits per heavy atom. The van der Waals surface area contributed by atoms with Crippen LogP contribution < -0.4 is 5.32 Å². The second-order valence-electron chi connectivity index (χ2n) is 4.13. The summed E-state index contributed by atoms with van der Waals surface area (Å²) in [7, 11) is 0. The first-order chi connectivity index (χ1) is 8.99. The van der Waals surface area contributed by atoms with Crippen molar-refractivity contribution in [2.24, 2.45) is 0 Å². The topological polar surface area (TPSA) is 12.0 Å². The molecule has 1 N–H and O–H groups in total. The number of anilines is 1. The van der Waals surface area contributed by atoms with Gasteiger partial charge in [0.25, 0.3) is 0 Å². The highest BCUT2D eigenvalue weighted by atomic mass is 79.9. The number of halogens is 4. The van der Waals surface area contributed by atoms with E-state index in [4.69, 9.17) is 0 Å². The van der Waals surface area contributed by atoms with E-state index in [1.165, 1.54) is 24.3 Å². The zero-order valence-electron chi connectivity index (χ0n) is 10.1. The van der Waals surface area contributed by atoms with Crippen LogP contribution in [0.25, 0.3) is 0 Å². The lowest BCUT2D eigenvalue weighted by Gasteiger charge is -2.11. The van der Waals surface area contributed by atoms with Crippen molar-refractivity contribution in [2.75, 3.05) is 5.32 Å². The maximum absolute atomic E-state index is 13.7. The van der Waals surface area contributed by atoms with Gasteiger partial charge in [-0.3, -0.25) is 0 Å². The Balaban J connectivity index is 2.24. The number of hydrogen-bond donors (Lipinski definition) is 1. The summed E-state index contributed by atoms with van der Waals surface area (Å²) in [5.41, 5.74) is 1.23. The quantitative estimate of drug-likeness (QED) is 0.798. The van der Waals surface area contributed by atoms with Gasteiger partial charge in [0.15, 0.2) is 0 Å². The van der Waals surface area contributed by atoms with E-state index >= 15 is 0 Å². The zero-order valence-corrected chi connectivity index (χ0v) is 11.7. The number of benzene rings is 2. The van der Waals surface area contributed by atoms with Gasteiger partial charge in [-0.25, -0.2) is 13.2 Å². The van der Waals surface area contributed by atoms with Crippen molar-refractivity contribution in [1.29, 1.82) is 0 Å². The fraction of sp³-hybridized carbons (Fsp3) is 0.143. The summed E-state index contributed by atoms with van der Waals surface area (Å²) >= 11 is 3.00. The molecule has 2 aromatic rings. The minimum atomic E-state index is -0.651. The van der Waals surface area contributed by atoms with Gasteiger partial charge in [-0.15, -0.1) is 0 Å². The lowest BCUT2D eigenvalue weighted by atomic mass is 10.1. The van der Waals surface area contributed by atoms with Crippen LogP contribution in [0.1, 0.15) is 11.1 Å². The van der Waals surface area contributed by atoms with Crippen LogP contribution >= 0.6 is 15.9 Å². The van der Waals surface area contributed by atoms with Crippen LogP contribution in [0.5, 0.6) is 0 Å². The van der Waals surface area contributed by atoms with Crippen molar-refractivity contribution >= 4 is 21.6 Å². The molecular weight excluding hydrogens is 319 g/mol. The number of aryl methyl sites for hydroxylation is 1. The summed E-state index contributed by atoms with van der Waals surface area (Å²) in [6, 6.07) is 6.72. The lowest BCUT2D eigenvalue weighted by Crippen LogP contribution is -2.06. The Kier molecular flexibility index (Phi) is 4.14. The second-order valence-corrected chi connectivity index (χ2v) is 4.99. The van der Waals surface area contributed by atoms with E-state index < -0.39 is 17.5 Å². The highest BCUT2D eigenvalue weighted by Crippen LogP contribution is 2.23. The molecule has 0 saturated carbocycles. The van der Waals surface area contributed by atoms with E-state index in [1.54, 1.807) is 13.0 Å². The summed E-state index contributed by atoms with van der Waals surface area (Å²) < 4.78 is 40.6. The van der Waals surface area contributed by atoms with Crippen molar-refractivity contribution in [1.82, 2.24) is 0 Å². The first-order valence-electron chi connectivity index (χ1n) is 5.61. The van der Waals surface area contributed by atoms with Crippen LogP contribution in [0.3, 0.4) is 0 Å². The monoisotopic (exact) mass is 329 g/mol. The predicted octanol–water partition coefficient (Wildman–Crippen LogP) is 4.79. The maximum Gasteiger partial charge on any atom is 0.145 e. The molecule has 2 rings (SSSR count). The van der Waals surface area contributed by atoms with Gasteiger partial charge in [0, 0.05) is 17.8 Å². The fourth-order valence-electron chi connectivity index (χ4n) is 1.70. The third-order valence-electron chi connectivity index (χ3n) is 2.79. The van der Waals surface area contributed by atoms with Crippen LogP contribution in [0.2, 0.25) is 0 Å². The summed E-state index contributed by atoms with van der Waals surface area (Å²) in [6.45, 7) is 1.73. The first-order valence-corrected chi connectivity index (χ1v) is 6.40. The zero-order chi connectivity index (χ0) is 14.0. The number of rotatable bonds is 3. The first kappa shape index (κ1) is 13.9. The molecule has 2 aromatic carbocycles. The Morgan fingerprint density at radius 1 is 1.11 bits per heavy atom. The van der Waals surface area contributed by atoms with Crippen LogP contribution in [-0.2, 0) is 6.54 Å². The smallest absolute Gasteiger partial charge is 0.145 e. The molecule has 5 heteroatoms. The van der Waals surface area contributed by atoms with Gasteiger partial charge in [0.05, 0.1) is 4.47 Å². The van der Waals surface area contributed by atoms with Crippen LogP contribution in [0, 0.1) is 24.4 Å². The average Bonchev–Trinajstić information content (AvgIpc) is 2.38. The van der Waals surface area contributed by atoms with Gasteiger partial charge in [0.1, 0.15) is 17.5 Å². The third-order valence-corrected chi connectivity index (χ3v) is 3.41. The van der Waals surface area contributed by atoms with Crippen LogP contribution in [-0.4, -0.2) is 0 Å². The van der Waals surface area contributed by atoms with E-state index in [0.29, 0.717) is 5.69 Å². The molecule has 0 aliphatic rings. The van der Waals surface area contributed by atoms with Crippen LogP contribution in [0.4, 0.5) is 18.9 Å². The molecule has 0 spiro atoms. The summed E-state index contributed by atoms with van der Waals surface area (Å²) in [5.74, 6) is -1.69. The van der Waals surface area contributed by atoms with Gasteiger partial charge in [-0.1, -0.05) is 6.07 Å².